The van der Waals surface area contributed by atoms with Crippen LogP contribution in [-0.2, 0) is 0 Å². The van der Waals surface area contributed by atoms with E-state index in [4.69, 9.17) is 5.26 Å². The van der Waals surface area contributed by atoms with Crippen LogP contribution < -0.4 is 5.32 Å². The monoisotopic (exact) mass is 209 g/mol. The molecule has 3 nitrogen and oxygen atoms in total. The van der Waals surface area contributed by atoms with Crippen LogP contribution in [0.5, 0.6) is 0 Å². The lowest BCUT2D eigenvalue weighted by Gasteiger charge is -2.32. The predicted molar refractivity (Wildman–Crippen MR) is 62.6 cm³/mol. The van der Waals surface area contributed by atoms with Gasteiger partial charge in [0, 0.05) is 19.0 Å². The molecule has 15 heavy (non-hydrogen) atoms. The highest BCUT2D eigenvalue weighted by Gasteiger charge is 2.15. The van der Waals surface area contributed by atoms with Crippen molar-refractivity contribution in [2.45, 2.75) is 45.1 Å². The topological polar surface area (TPSA) is 39.1 Å². The van der Waals surface area contributed by atoms with Gasteiger partial charge >= 0.3 is 0 Å². The zero-order chi connectivity index (χ0) is 10.9. The molecule has 1 heterocycles. The van der Waals surface area contributed by atoms with Crippen LogP contribution in [0.25, 0.3) is 0 Å². The Morgan fingerprint density at radius 1 is 1.33 bits per heavy atom. The lowest BCUT2D eigenvalue weighted by molar-refractivity contribution is 0.171. The minimum absolute atomic E-state index is 0.646. The van der Waals surface area contributed by atoms with Crippen LogP contribution in [0.1, 0.15) is 39.0 Å². The van der Waals surface area contributed by atoms with Crippen LogP contribution in [0.2, 0.25) is 0 Å². The van der Waals surface area contributed by atoms with Gasteiger partial charge < -0.3 is 5.32 Å². The Labute approximate surface area is 93.5 Å². The molecule has 0 amide bonds. The van der Waals surface area contributed by atoms with Crippen molar-refractivity contribution in [3.8, 4) is 6.07 Å². The van der Waals surface area contributed by atoms with Crippen molar-refractivity contribution >= 4 is 0 Å². The van der Waals surface area contributed by atoms with E-state index < -0.39 is 0 Å². The molecule has 0 spiro atoms. The van der Waals surface area contributed by atoms with Crippen molar-refractivity contribution in [1.29, 1.82) is 5.26 Å². The number of nitrogens with one attached hydrogen (secondary N) is 1. The number of nitrogens with zero attached hydrogens (tertiary/aromatic N) is 2. The molecule has 1 aliphatic rings. The Morgan fingerprint density at radius 3 is 2.73 bits per heavy atom. The Hall–Kier alpha value is -0.590. The summed E-state index contributed by atoms with van der Waals surface area (Å²) in [7, 11) is 0. The molecule has 1 rings (SSSR count). The van der Waals surface area contributed by atoms with Crippen LogP contribution in [0, 0.1) is 11.3 Å². The van der Waals surface area contributed by atoms with E-state index in [2.05, 4.69) is 23.2 Å². The summed E-state index contributed by atoms with van der Waals surface area (Å²) in [5, 5.41) is 11.8. The van der Waals surface area contributed by atoms with Gasteiger partial charge in [-0.1, -0.05) is 6.42 Å². The second-order valence-electron chi connectivity index (χ2n) is 4.41. The van der Waals surface area contributed by atoms with Crippen LogP contribution in [0.15, 0.2) is 0 Å². The lowest BCUT2D eigenvalue weighted by Crippen LogP contribution is -2.43. The molecule has 0 radical (unpaired) electrons. The van der Waals surface area contributed by atoms with Gasteiger partial charge in [0.25, 0.3) is 0 Å². The second kappa shape index (κ2) is 7.67. The Bertz CT molecular complexity index is 192. The molecule has 1 atom stereocenters. The van der Waals surface area contributed by atoms with E-state index >= 15 is 0 Å². The van der Waals surface area contributed by atoms with E-state index in [9.17, 15) is 0 Å². The summed E-state index contributed by atoms with van der Waals surface area (Å²) in [5.41, 5.74) is 0. The van der Waals surface area contributed by atoms with Crippen LogP contribution in [0.4, 0.5) is 0 Å². The van der Waals surface area contributed by atoms with Gasteiger partial charge in [-0.25, -0.2) is 0 Å². The molecule has 1 saturated heterocycles. The fourth-order valence-corrected chi connectivity index (χ4v) is 2.09. The zero-order valence-electron chi connectivity index (χ0n) is 9.84. The van der Waals surface area contributed by atoms with Crippen LogP contribution in [0.3, 0.4) is 0 Å². The third-order valence-electron chi connectivity index (χ3n) is 3.10. The fraction of sp³-hybridized carbons (Fsp3) is 0.917. The number of piperidine rings is 1. The normalized spacial score (nSPS) is 19.7. The molecule has 0 aromatic carbocycles. The molecule has 1 unspecified atom stereocenters. The largest absolute Gasteiger partial charge is 0.315 e. The number of nitriles is 1. The van der Waals surface area contributed by atoms with Gasteiger partial charge in [-0.2, -0.15) is 5.26 Å². The third-order valence-corrected chi connectivity index (χ3v) is 3.10. The van der Waals surface area contributed by atoms with Gasteiger partial charge in [0.2, 0.25) is 0 Å². The van der Waals surface area contributed by atoms with Gasteiger partial charge in [-0.3, -0.25) is 4.90 Å². The lowest BCUT2D eigenvalue weighted by atomic mass is 10.1. The van der Waals surface area contributed by atoms with Crippen LogP contribution >= 0.6 is 0 Å². The molecule has 0 saturated carbocycles. The van der Waals surface area contributed by atoms with E-state index in [0.29, 0.717) is 12.5 Å². The van der Waals surface area contributed by atoms with E-state index in [1.165, 1.54) is 32.4 Å². The van der Waals surface area contributed by atoms with E-state index in [1.54, 1.807) is 0 Å². The maximum Gasteiger partial charge on any atom is 0.0622 e. The Morgan fingerprint density at radius 2 is 2.07 bits per heavy atom. The van der Waals surface area contributed by atoms with Gasteiger partial charge in [-0.15, -0.1) is 0 Å². The zero-order valence-corrected chi connectivity index (χ0v) is 9.84. The van der Waals surface area contributed by atoms with Crippen LogP contribution in [-0.4, -0.2) is 37.1 Å². The SMILES string of the molecule is CC(CNCCCC#N)N1CCCCC1. The summed E-state index contributed by atoms with van der Waals surface area (Å²) < 4.78 is 0. The van der Waals surface area contributed by atoms with Crippen molar-refractivity contribution in [2.24, 2.45) is 0 Å². The summed E-state index contributed by atoms with van der Waals surface area (Å²) in [6.45, 7) is 6.86. The summed E-state index contributed by atoms with van der Waals surface area (Å²) in [6, 6.07) is 2.81. The highest BCUT2D eigenvalue weighted by Crippen LogP contribution is 2.11. The Balaban J connectivity index is 2.02. The molecule has 1 fully saturated rings. The minimum atomic E-state index is 0.646. The second-order valence-corrected chi connectivity index (χ2v) is 4.41. The molecular formula is C12H23N3. The smallest absolute Gasteiger partial charge is 0.0622 e. The van der Waals surface area contributed by atoms with E-state index in [0.717, 1.165) is 19.5 Å². The first-order valence-corrected chi connectivity index (χ1v) is 6.16. The quantitative estimate of drug-likeness (QED) is 0.677. The fourth-order valence-electron chi connectivity index (χ4n) is 2.09. The maximum absolute atomic E-state index is 8.39. The van der Waals surface area contributed by atoms with Gasteiger partial charge in [0.15, 0.2) is 0 Å². The molecule has 0 aromatic rings. The number of rotatable bonds is 6. The molecule has 1 aliphatic heterocycles. The molecular weight excluding hydrogens is 186 g/mol. The first kappa shape index (κ1) is 12.5. The van der Waals surface area contributed by atoms with E-state index in [-0.39, 0.29) is 0 Å². The first-order chi connectivity index (χ1) is 7.34. The number of hydrogen-bond acceptors (Lipinski definition) is 3. The predicted octanol–water partition coefficient (Wildman–Crippen LogP) is 1.75. The van der Waals surface area contributed by atoms with Gasteiger partial charge in [0.05, 0.1) is 6.07 Å². The number of unbranched alkanes of at least 4 members (excludes halogenated alkanes) is 1. The number of likely N-dealkylation sites (tertiary alicyclic amines) is 1. The standard InChI is InChI=1S/C12H23N3/c1-12(11-14-8-4-3-7-13)15-9-5-2-6-10-15/h12,14H,2-6,8-11H2,1H3. The summed E-state index contributed by atoms with van der Waals surface area (Å²) >= 11 is 0. The van der Waals surface area contributed by atoms with E-state index in [1.807, 2.05) is 0 Å². The van der Waals surface area contributed by atoms with Gasteiger partial charge in [-0.05, 0) is 45.8 Å². The average molecular weight is 209 g/mol. The van der Waals surface area contributed by atoms with Crippen molar-refractivity contribution in [3.05, 3.63) is 0 Å². The summed E-state index contributed by atoms with van der Waals surface area (Å²) in [4.78, 5) is 2.57. The summed E-state index contributed by atoms with van der Waals surface area (Å²) in [5.74, 6) is 0. The molecule has 0 aromatic heterocycles. The highest BCUT2D eigenvalue weighted by atomic mass is 15.2. The molecule has 3 heteroatoms. The van der Waals surface area contributed by atoms with Crippen molar-refractivity contribution in [3.63, 3.8) is 0 Å². The number of hydrogen-bond donors (Lipinski definition) is 1. The molecule has 86 valence electrons. The average Bonchev–Trinajstić information content (AvgIpc) is 2.30. The molecule has 0 aliphatic carbocycles. The highest BCUT2D eigenvalue weighted by molar-refractivity contribution is 4.74. The summed E-state index contributed by atoms with van der Waals surface area (Å²) in [6.07, 6.45) is 5.77. The first-order valence-electron chi connectivity index (χ1n) is 6.16. The van der Waals surface area contributed by atoms with Gasteiger partial charge in [0.1, 0.15) is 0 Å². The molecule has 0 bridgehead atoms. The van der Waals surface area contributed by atoms with Crippen molar-refractivity contribution in [1.82, 2.24) is 10.2 Å². The minimum Gasteiger partial charge on any atom is -0.315 e. The Kier molecular flexibility index (Phi) is 6.38. The molecule has 1 N–H and O–H groups in total. The van der Waals surface area contributed by atoms with Crippen molar-refractivity contribution in [2.75, 3.05) is 26.2 Å². The van der Waals surface area contributed by atoms with Crippen molar-refractivity contribution < 1.29 is 0 Å². The maximum atomic E-state index is 8.39. The third kappa shape index (κ3) is 5.15.